The maximum Gasteiger partial charge on any atom is 0.315 e. The predicted octanol–water partition coefficient (Wildman–Crippen LogP) is 2.90. The van der Waals surface area contributed by atoms with Gasteiger partial charge in [0.15, 0.2) is 0 Å². The topological polar surface area (TPSA) is 160 Å². The first-order valence-corrected chi connectivity index (χ1v) is 16.1. The normalized spacial score (nSPS) is 24.1. The summed E-state index contributed by atoms with van der Waals surface area (Å²) in [5, 5.41) is 8.86. The summed E-state index contributed by atoms with van der Waals surface area (Å²) in [5.74, 6) is -2.42. The maximum atomic E-state index is 14.5. The number of nitrogens with zero attached hydrogens (tertiary/aromatic N) is 1. The van der Waals surface area contributed by atoms with Crippen molar-refractivity contribution < 1.29 is 28.7 Å². The fourth-order valence-electron chi connectivity index (χ4n) is 6.80. The monoisotopic (exact) mass is 605 g/mol. The van der Waals surface area contributed by atoms with Crippen molar-refractivity contribution in [2.75, 3.05) is 20.3 Å². The fraction of sp³-hybridized carbons (Fsp3) is 0.844. The van der Waals surface area contributed by atoms with Crippen molar-refractivity contribution in [1.29, 1.82) is 0 Å². The molecule has 11 nitrogen and oxygen atoms in total. The molecule has 43 heavy (non-hydrogen) atoms. The first-order chi connectivity index (χ1) is 20.1. The van der Waals surface area contributed by atoms with Crippen LogP contribution in [0.15, 0.2) is 0 Å². The highest BCUT2D eigenvalue weighted by Gasteiger charge is 2.50. The summed E-state index contributed by atoms with van der Waals surface area (Å²) in [6, 6.07) is -3.40. The van der Waals surface area contributed by atoms with E-state index in [9.17, 15) is 24.0 Å². The number of likely N-dealkylation sites (tertiary alicyclic amines) is 1. The van der Waals surface area contributed by atoms with Gasteiger partial charge in [0, 0.05) is 13.7 Å². The number of nitrogens with one attached hydrogen (secondary N) is 3. The molecule has 3 fully saturated rings. The second-order valence-corrected chi connectivity index (χ2v) is 14.8. The number of urea groups is 1. The third-order valence-corrected chi connectivity index (χ3v) is 9.89. The van der Waals surface area contributed by atoms with Gasteiger partial charge in [0.05, 0.1) is 18.7 Å². The van der Waals surface area contributed by atoms with Gasteiger partial charge < -0.3 is 31.3 Å². The average Bonchev–Trinajstić information content (AvgIpc) is 3.63. The second kappa shape index (κ2) is 14.4. The van der Waals surface area contributed by atoms with Gasteiger partial charge in [-0.25, -0.2) is 4.79 Å². The van der Waals surface area contributed by atoms with Crippen molar-refractivity contribution in [3.63, 3.8) is 0 Å². The summed E-state index contributed by atoms with van der Waals surface area (Å²) in [7, 11) is 1.59. The Kier molecular flexibility index (Phi) is 11.6. The van der Waals surface area contributed by atoms with E-state index >= 15 is 0 Å². The van der Waals surface area contributed by atoms with E-state index in [2.05, 4.69) is 16.0 Å². The highest BCUT2D eigenvalue weighted by atomic mass is 16.5. The predicted molar refractivity (Wildman–Crippen MR) is 164 cm³/mol. The molecule has 11 heteroatoms. The van der Waals surface area contributed by atoms with Crippen LogP contribution >= 0.6 is 0 Å². The van der Waals surface area contributed by atoms with Gasteiger partial charge in [-0.3, -0.25) is 19.2 Å². The van der Waals surface area contributed by atoms with Gasteiger partial charge in [-0.2, -0.15) is 0 Å². The van der Waals surface area contributed by atoms with E-state index in [1.54, 1.807) is 12.0 Å². The van der Waals surface area contributed by atoms with E-state index in [0.717, 1.165) is 44.9 Å². The molecule has 5 atom stereocenters. The van der Waals surface area contributed by atoms with Crippen molar-refractivity contribution in [3.8, 4) is 0 Å². The number of primary amides is 1. The van der Waals surface area contributed by atoms with Crippen LogP contribution in [-0.2, 0) is 23.9 Å². The van der Waals surface area contributed by atoms with Crippen molar-refractivity contribution in [2.45, 2.75) is 123 Å². The highest BCUT2D eigenvalue weighted by Crippen LogP contribution is 2.41. The molecule has 0 aromatic heterocycles. The summed E-state index contributed by atoms with van der Waals surface area (Å²) >= 11 is 0. The van der Waals surface area contributed by atoms with Crippen molar-refractivity contribution in [1.82, 2.24) is 20.9 Å². The van der Waals surface area contributed by atoms with E-state index in [0.29, 0.717) is 26.0 Å². The zero-order valence-corrected chi connectivity index (χ0v) is 27.3. The number of hydrogen-bond acceptors (Lipinski definition) is 6. The number of hydrogen-bond donors (Lipinski definition) is 4. The molecule has 5 N–H and O–H groups in total. The number of amides is 5. The van der Waals surface area contributed by atoms with Crippen molar-refractivity contribution >= 4 is 29.5 Å². The number of ether oxygens (including phenoxy) is 1. The first kappa shape index (κ1) is 34.8. The van der Waals surface area contributed by atoms with Crippen LogP contribution in [0.5, 0.6) is 0 Å². The number of methoxy groups -OCH3 is 1. The molecule has 3 rings (SSSR count). The number of nitrogens with two attached hydrogens (primary N) is 1. The van der Waals surface area contributed by atoms with Crippen molar-refractivity contribution in [3.05, 3.63) is 0 Å². The summed E-state index contributed by atoms with van der Waals surface area (Å²) in [6.07, 6.45) is 7.39. The lowest BCUT2D eigenvalue weighted by Gasteiger charge is -2.43. The Morgan fingerprint density at radius 2 is 1.60 bits per heavy atom. The van der Waals surface area contributed by atoms with E-state index in [1.165, 1.54) is 0 Å². The molecule has 0 aromatic carbocycles. The van der Waals surface area contributed by atoms with Crippen LogP contribution in [0, 0.1) is 28.6 Å². The highest BCUT2D eigenvalue weighted by molar-refractivity contribution is 6.37. The molecule has 0 radical (unpaired) electrons. The Balaban J connectivity index is 1.89. The summed E-state index contributed by atoms with van der Waals surface area (Å²) < 4.78 is 5.35. The minimum atomic E-state index is -1.08. The Morgan fingerprint density at radius 3 is 2.12 bits per heavy atom. The molecule has 2 aliphatic carbocycles. The summed E-state index contributed by atoms with van der Waals surface area (Å²) in [4.78, 5) is 67.9. The molecule has 3 aliphatic rings. The lowest BCUT2D eigenvalue weighted by atomic mass is 9.70. The minimum Gasteiger partial charge on any atom is -0.383 e. The molecule has 4 unspecified atom stereocenters. The van der Waals surface area contributed by atoms with E-state index in [-0.39, 0.29) is 35.1 Å². The van der Waals surface area contributed by atoms with Crippen LogP contribution in [0.1, 0.15) is 99.3 Å². The molecule has 244 valence electrons. The third-order valence-electron chi connectivity index (χ3n) is 9.89. The Hall–Kier alpha value is -2.69. The Morgan fingerprint density at radius 1 is 0.977 bits per heavy atom. The molecule has 0 spiro atoms. The quantitative estimate of drug-likeness (QED) is 0.236. The number of Topliss-reactive ketones (excluding diaryl/α,β-unsaturated/α-hetero) is 1. The minimum absolute atomic E-state index is 0.0869. The van der Waals surface area contributed by atoms with Gasteiger partial charge >= 0.3 is 6.03 Å². The SMILES string of the molecule is COCC(NC(=O)NC(C(=O)N1CC[C@H](C(C)C)C1C(=O)NC(CC1CC1)C(=O)C(N)=O)C1(C)CCCCC1)C(C)(C)C. The molecule has 1 heterocycles. The van der Waals surface area contributed by atoms with Gasteiger partial charge in [0.1, 0.15) is 12.1 Å². The number of carbonyl (C=O) groups is 5. The Bertz CT molecular complexity index is 1030. The lowest BCUT2D eigenvalue weighted by molar-refractivity contribution is -0.145. The van der Waals surface area contributed by atoms with Crippen LogP contribution in [0.4, 0.5) is 4.79 Å². The van der Waals surface area contributed by atoms with Gasteiger partial charge in [-0.05, 0) is 54.3 Å². The van der Waals surface area contributed by atoms with Gasteiger partial charge in [0.2, 0.25) is 17.6 Å². The van der Waals surface area contributed by atoms with Gasteiger partial charge in [-0.1, -0.05) is 73.6 Å². The second-order valence-electron chi connectivity index (χ2n) is 14.8. The maximum absolute atomic E-state index is 14.5. The number of rotatable bonds is 13. The van der Waals surface area contributed by atoms with E-state index in [1.807, 2.05) is 41.5 Å². The standard InChI is InChI=1S/C32H55N5O6/c1-19(2)21-13-16-37(24(21)28(40)34-22(17-20-11-12-20)25(38)27(33)39)29(41)26(32(6)14-9-8-10-15-32)36-30(42)35-23(18-43-7)31(3,4)5/h19-24,26H,8-18H2,1-7H3,(H2,33,39)(H,34,40)(H2,35,36,42)/t21-,22?,23?,24?,26?/m1/s1. The van der Waals surface area contributed by atoms with Gasteiger partial charge in [-0.15, -0.1) is 0 Å². The summed E-state index contributed by atoms with van der Waals surface area (Å²) in [6.45, 7) is 12.8. The lowest BCUT2D eigenvalue weighted by Crippen LogP contribution is -2.63. The van der Waals surface area contributed by atoms with Gasteiger partial charge in [0.25, 0.3) is 5.91 Å². The molecular formula is C32H55N5O6. The molecule has 1 aliphatic heterocycles. The van der Waals surface area contributed by atoms with Crippen LogP contribution < -0.4 is 21.7 Å². The average molecular weight is 606 g/mol. The van der Waals surface area contributed by atoms with E-state index < -0.39 is 47.2 Å². The Labute approximate surface area is 257 Å². The van der Waals surface area contributed by atoms with Crippen LogP contribution in [0.3, 0.4) is 0 Å². The zero-order valence-electron chi connectivity index (χ0n) is 27.3. The largest absolute Gasteiger partial charge is 0.383 e. The number of ketones is 1. The molecule has 1 saturated heterocycles. The van der Waals surface area contributed by atoms with Crippen LogP contribution in [-0.4, -0.2) is 78.9 Å². The van der Waals surface area contributed by atoms with E-state index in [4.69, 9.17) is 10.5 Å². The molecular weight excluding hydrogens is 550 g/mol. The van der Waals surface area contributed by atoms with Crippen LogP contribution in [0.25, 0.3) is 0 Å². The smallest absolute Gasteiger partial charge is 0.315 e. The molecule has 0 aromatic rings. The fourth-order valence-corrected chi connectivity index (χ4v) is 6.80. The number of carbonyl (C=O) groups excluding carboxylic acids is 5. The van der Waals surface area contributed by atoms with Crippen LogP contribution in [0.2, 0.25) is 0 Å². The third kappa shape index (κ3) is 8.92. The van der Waals surface area contributed by atoms with Crippen molar-refractivity contribution in [2.24, 2.45) is 34.3 Å². The summed E-state index contributed by atoms with van der Waals surface area (Å²) in [5.41, 5.74) is 4.56. The molecule has 0 bridgehead atoms. The molecule has 5 amide bonds. The zero-order chi connectivity index (χ0) is 32.1. The first-order valence-electron chi connectivity index (χ1n) is 16.1. The molecule has 2 saturated carbocycles.